The highest BCUT2D eigenvalue weighted by Crippen LogP contribution is 2.26. The van der Waals surface area contributed by atoms with E-state index in [9.17, 15) is 4.79 Å². The molecule has 4 heteroatoms. The first kappa shape index (κ1) is 12.1. The number of fused-ring (bicyclic) bond motifs is 1. The van der Waals surface area contributed by atoms with Gasteiger partial charge >= 0.3 is 0 Å². The van der Waals surface area contributed by atoms with Crippen LogP contribution in [0, 0.1) is 0 Å². The summed E-state index contributed by atoms with van der Waals surface area (Å²) in [6.07, 6.45) is 6.49. The number of hydrogen-bond acceptors (Lipinski definition) is 3. The van der Waals surface area contributed by atoms with E-state index in [1.54, 1.807) is 18.5 Å². The second-order valence-corrected chi connectivity index (χ2v) is 5.01. The van der Waals surface area contributed by atoms with Crippen LogP contribution in [0.15, 0.2) is 41.5 Å². The standard InChI is InChI=1S/C15H17N3O/c16-13-2-1-3-14-12(13)4-5-15(19)18(14)10-11-6-8-17-9-7-11/h4-9,13H,1-3,10,16H2. The van der Waals surface area contributed by atoms with Gasteiger partial charge in [-0.15, -0.1) is 0 Å². The maximum Gasteiger partial charge on any atom is 0.251 e. The monoisotopic (exact) mass is 255 g/mol. The fraction of sp³-hybridized carbons (Fsp3) is 0.333. The lowest BCUT2D eigenvalue weighted by Crippen LogP contribution is -2.29. The number of rotatable bonds is 2. The molecule has 2 aromatic heterocycles. The fourth-order valence-electron chi connectivity index (χ4n) is 2.74. The lowest BCUT2D eigenvalue weighted by atomic mass is 9.91. The van der Waals surface area contributed by atoms with Gasteiger partial charge in [-0.25, -0.2) is 0 Å². The molecule has 2 heterocycles. The normalized spacial score (nSPS) is 18.1. The zero-order valence-corrected chi connectivity index (χ0v) is 10.7. The van der Waals surface area contributed by atoms with Gasteiger partial charge in [-0.1, -0.05) is 6.07 Å². The van der Waals surface area contributed by atoms with Crippen molar-refractivity contribution in [2.75, 3.05) is 0 Å². The number of pyridine rings is 2. The van der Waals surface area contributed by atoms with Gasteiger partial charge in [0.05, 0.1) is 6.54 Å². The SMILES string of the molecule is NC1CCCc2c1ccc(=O)n2Cc1ccncc1. The minimum atomic E-state index is 0.0460. The summed E-state index contributed by atoms with van der Waals surface area (Å²) in [4.78, 5) is 16.1. The molecule has 0 bridgehead atoms. The molecule has 0 aromatic carbocycles. The summed E-state index contributed by atoms with van der Waals surface area (Å²) in [7, 11) is 0. The molecule has 2 aromatic rings. The molecule has 19 heavy (non-hydrogen) atoms. The van der Waals surface area contributed by atoms with Crippen LogP contribution in [0.5, 0.6) is 0 Å². The third kappa shape index (κ3) is 2.31. The Balaban J connectivity index is 2.06. The van der Waals surface area contributed by atoms with Crippen LogP contribution in [-0.2, 0) is 13.0 Å². The molecule has 0 saturated carbocycles. The highest BCUT2D eigenvalue weighted by Gasteiger charge is 2.20. The van der Waals surface area contributed by atoms with Crippen molar-refractivity contribution >= 4 is 0 Å². The van der Waals surface area contributed by atoms with Gasteiger partial charge in [-0.2, -0.15) is 0 Å². The van der Waals surface area contributed by atoms with Gasteiger partial charge < -0.3 is 10.3 Å². The second kappa shape index (κ2) is 4.97. The van der Waals surface area contributed by atoms with Crippen molar-refractivity contribution in [3.63, 3.8) is 0 Å². The minimum Gasteiger partial charge on any atom is -0.324 e. The summed E-state index contributed by atoms with van der Waals surface area (Å²) in [5.41, 5.74) is 9.49. The van der Waals surface area contributed by atoms with Crippen LogP contribution in [-0.4, -0.2) is 9.55 Å². The number of nitrogens with zero attached hydrogens (tertiary/aromatic N) is 2. The Labute approximate surface area is 111 Å². The van der Waals surface area contributed by atoms with Crippen LogP contribution < -0.4 is 11.3 Å². The highest BCUT2D eigenvalue weighted by atomic mass is 16.1. The Morgan fingerprint density at radius 1 is 1.26 bits per heavy atom. The molecule has 0 spiro atoms. The van der Waals surface area contributed by atoms with E-state index in [0.717, 1.165) is 36.1 Å². The van der Waals surface area contributed by atoms with Gasteiger partial charge in [0.15, 0.2) is 0 Å². The lowest BCUT2D eigenvalue weighted by molar-refractivity contribution is 0.529. The van der Waals surface area contributed by atoms with E-state index in [2.05, 4.69) is 4.98 Å². The molecule has 0 fully saturated rings. The van der Waals surface area contributed by atoms with Gasteiger partial charge in [-0.05, 0) is 42.5 Å². The average Bonchev–Trinajstić information content (AvgIpc) is 2.43. The largest absolute Gasteiger partial charge is 0.324 e. The Morgan fingerprint density at radius 3 is 2.84 bits per heavy atom. The third-order valence-electron chi connectivity index (χ3n) is 3.75. The van der Waals surface area contributed by atoms with Crippen molar-refractivity contribution in [1.29, 1.82) is 0 Å². The smallest absolute Gasteiger partial charge is 0.251 e. The first-order valence-corrected chi connectivity index (χ1v) is 6.63. The molecule has 0 saturated heterocycles. The number of nitrogens with two attached hydrogens (primary N) is 1. The van der Waals surface area contributed by atoms with E-state index in [0.29, 0.717) is 6.54 Å². The van der Waals surface area contributed by atoms with Crippen molar-refractivity contribution in [1.82, 2.24) is 9.55 Å². The molecule has 1 aliphatic carbocycles. The lowest BCUT2D eigenvalue weighted by Gasteiger charge is -2.25. The average molecular weight is 255 g/mol. The van der Waals surface area contributed by atoms with Gasteiger partial charge in [0, 0.05) is 30.2 Å². The molecular weight excluding hydrogens is 238 g/mol. The third-order valence-corrected chi connectivity index (χ3v) is 3.75. The summed E-state index contributed by atoms with van der Waals surface area (Å²) in [5, 5.41) is 0. The van der Waals surface area contributed by atoms with Crippen molar-refractivity contribution in [2.24, 2.45) is 5.73 Å². The molecule has 3 rings (SSSR count). The summed E-state index contributed by atoms with van der Waals surface area (Å²) in [5.74, 6) is 0. The van der Waals surface area contributed by atoms with Gasteiger partial charge in [-0.3, -0.25) is 9.78 Å². The quantitative estimate of drug-likeness (QED) is 0.887. The molecule has 98 valence electrons. The Kier molecular flexibility index (Phi) is 3.17. The van der Waals surface area contributed by atoms with Crippen molar-refractivity contribution in [3.8, 4) is 0 Å². The summed E-state index contributed by atoms with van der Waals surface area (Å²) < 4.78 is 1.85. The Morgan fingerprint density at radius 2 is 2.05 bits per heavy atom. The summed E-state index contributed by atoms with van der Waals surface area (Å²) in [6, 6.07) is 7.46. The van der Waals surface area contributed by atoms with Crippen molar-refractivity contribution in [2.45, 2.75) is 31.8 Å². The molecule has 1 atom stereocenters. The van der Waals surface area contributed by atoms with Crippen LogP contribution in [0.25, 0.3) is 0 Å². The maximum atomic E-state index is 12.1. The molecule has 1 unspecified atom stereocenters. The number of aromatic nitrogens is 2. The van der Waals surface area contributed by atoms with E-state index >= 15 is 0 Å². The van der Waals surface area contributed by atoms with Crippen LogP contribution in [0.4, 0.5) is 0 Å². The van der Waals surface area contributed by atoms with E-state index in [1.165, 1.54) is 0 Å². The minimum absolute atomic E-state index is 0.0460. The van der Waals surface area contributed by atoms with Crippen LogP contribution in [0.2, 0.25) is 0 Å². The van der Waals surface area contributed by atoms with E-state index in [1.807, 2.05) is 22.8 Å². The second-order valence-electron chi connectivity index (χ2n) is 5.01. The van der Waals surface area contributed by atoms with Crippen molar-refractivity contribution < 1.29 is 0 Å². The van der Waals surface area contributed by atoms with Gasteiger partial charge in [0.25, 0.3) is 5.56 Å². The number of hydrogen-bond donors (Lipinski definition) is 1. The Bertz CT molecular complexity index is 634. The molecule has 1 aliphatic rings. The summed E-state index contributed by atoms with van der Waals surface area (Å²) >= 11 is 0. The first-order chi connectivity index (χ1) is 9.25. The molecular formula is C15H17N3O. The van der Waals surface area contributed by atoms with Crippen LogP contribution >= 0.6 is 0 Å². The van der Waals surface area contributed by atoms with Crippen molar-refractivity contribution in [3.05, 3.63) is 63.8 Å². The molecule has 0 amide bonds. The van der Waals surface area contributed by atoms with Crippen LogP contribution in [0.3, 0.4) is 0 Å². The van der Waals surface area contributed by atoms with Gasteiger partial charge in [0.1, 0.15) is 0 Å². The van der Waals surface area contributed by atoms with E-state index in [-0.39, 0.29) is 11.6 Å². The van der Waals surface area contributed by atoms with E-state index < -0.39 is 0 Å². The van der Waals surface area contributed by atoms with E-state index in [4.69, 9.17) is 5.73 Å². The molecule has 0 radical (unpaired) electrons. The predicted molar refractivity (Wildman–Crippen MR) is 73.9 cm³/mol. The zero-order chi connectivity index (χ0) is 13.2. The first-order valence-electron chi connectivity index (χ1n) is 6.63. The van der Waals surface area contributed by atoms with Gasteiger partial charge in [0.2, 0.25) is 0 Å². The van der Waals surface area contributed by atoms with Crippen LogP contribution in [0.1, 0.15) is 35.7 Å². The topological polar surface area (TPSA) is 60.9 Å². The zero-order valence-electron chi connectivity index (χ0n) is 10.7. The Hall–Kier alpha value is -1.94. The molecule has 0 aliphatic heterocycles. The summed E-state index contributed by atoms with van der Waals surface area (Å²) in [6.45, 7) is 0.594. The molecule has 4 nitrogen and oxygen atoms in total. The maximum absolute atomic E-state index is 12.1. The fourth-order valence-corrected chi connectivity index (χ4v) is 2.74. The highest BCUT2D eigenvalue weighted by molar-refractivity contribution is 5.28. The molecule has 2 N–H and O–H groups in total. The predicted octanol–water partition coefficient (Wildman–Crippen LogP) is 1.63.